The van der Waals surface area contributed by atoms with Crippen LogP contribution in [0.3, 0.4) is 0 Å². The van der Waals surface area contributed by atoms with E-state index in [1.165, 1.54) is 0 Å². The first-order valence-electron chi connectivity index (χ1n) is 5.95. The van der Waals surface area contributed by atoms with Gasteiger partial charge in [0, 0.05) is 25.4 Å². The Balaban J connectivity index is 2.38. The molecule has 0 aliphatic heterocycles. The number of pyridine rings is 1. The van der Waals surface area contributed by atoms with Gasteiger partial charge in [-0.3, -0.25) is 4.98 Å². The third kappa shape index (κ3) is 4.73. The van der Waals surface area contributed by atoms with E-state index in [0.717, 1.165) is 25.5 Å². The lowest BCUT2D eigenvalue weighted by molar-refractivity contribution is 0.107. The molecule has 0 spiro atoms. The van der Waals surface area contributed by atoms with Crippen LogP contribution in [0.4, 0.5) is 0 Å². The molecule has 0 radical (unpaired) electrons. The fourth-order valence-electron chi connectivity index (χ4n) is 1.47. The predicted octanol–water partition coefficient (Wildman–Crippen LogP) is 2.23. The first-order valence-corrected chi connectivity index (χ1v) is 5.95. The van der Waals surface area contributed by atoms with Crippen molar-refractivity contribution in [1.29, 1.82) is 0 Å². The Labute approximate surface area is 98.2 Å². The van der Waals surface area contributed by atoms with Crippen molar-refractivity contribution < 1.29 is 4.74 Å². The molecule has 1 N–H and O–H groups in total. The van der Waals surface area contributed by atoms with E-state index in [4.69, 9.17) is 4.74 Å². The maximum atomic E-state index is 5.46. The van der Waals surface area contributed by atoms with Crippen molar-refractivity contribution in [1.82, 2.24) is 10.3 Å². The van der Waals surface area contributed by atoms with Crippen molar-refractivity contribution in [3.63, 3.8) is 0 Å². The molecular weight excluding hydrogens is 200 g/mol. The Bertz CT molecular complexity index is 275. The third-order valence-corrected chi connectivity index (χ3v) is 2.58. The molecule has 0 amide bonds. The summed E-state index contributed by atoms with van der Waals surface area (Å²) in [6.07, 6.45) is 1.82. The third-order valence-electron chi connectivity index (χ3n) is 2.58. The molecule has 1 aromatic heterocycles. The number of hydrogen-bond donors (Lipinski definition) is 1. The Morgan fingerprint density at radius 2 is 2.19 bits per heavy atom. The molecule has 0 bridgehead atoms. The van der Waals surface area contributed by atoms with Gasteiger partial charge in [-0.25, -0.2) is 0 Å². The minimum atomic E-state index is 0.391. The van der Waals surface area contributed by atoms with Crippen LogP contribution in [0.25, 0.3) is 0 Å². The van der Waals surface area contributed by atoms with Crippen molar-refractivity contribution in [2.45, 2.75) is 33.4 Å². The number of nitrogens with zero attached hydrogens (tertiary/aromatic N) is 1. The Kier molecular flexibility index (Phi) is 6.04. The molecule has 1 aromatic rings. The highest BCUT2D eigenvalue weighted by molar-refractivity contribution is 5.03. The largest absolute Gasteiger partial charge is 0.380 e. The van der Waals surface area contributed by atoms with E-state index in [9.17, 15) is 0 Å². The second-order valence-electron chi connectivity index (χ2n) is 4.21. The van der Waals surface area contributed by atoms with Crippen molar-refractivity contribution in [2.75, 3.05) is 13.2 Å². The average Bonchev–Trinajstić information content (AvgIpc) is 2.30. The van der Waals surface area contributed by atoms with Crippen LogP contribution >= 0.6 is 0 Å². The Morgan fingerprint density at radius 1 is 1.38 bits per heavy atom. The summed E-state index contributed by atoms with van der Waals surface area (Å²) in [6.45, 7) is 8.77. The van der Waals surface area contributed by atoms with Crippen molar-refractivity contribution in [3.8, 4) is 0 Å². The van der Waals surface area contributed by atoms with Gasteiger partial charge in [0.1, 0.15) is 0 Å². The van der Waals surface area contributed by atoms with Crippen LogP contribution < -0.4 is 5.32 Å². The van der Waals surface area contributed by atoms with Gasteiger partial charge >= 0.3 is 0 Å². The van der Waals surface area contributed by atoms with E-state index in [2.05, 4.69) is 24.1 Å². The lowest BCUT2D eigenvalue weighted by Crippen LogP contribution is -2.37. The maximum Gasteiger partial charge on any atom is 0.0622 e. The molecule has 0 aliphatic carbocycles. The van der Waals surface area contributed by atoms with Crippen molar-refractivity contribution >= 4 is 0 Å². The highest BCUT2D eigenvalue weighted by atomic mass is 16.5. The normalized spacial score (nSPS) is 13.0. The number of ether oxygens (including phenoxy) is 1. The summed E-state index contributed by atoms with van der Waals surface area (Å²) in [5, 5.41) is 3.48. The first kappa shape index (κ1) is 13.1. The summed E-state index contributed by atoms with van der Waals surface area (Å²) in [5.74, 6) is 0.565. The summed E-state index contributed by atoms with van der Waals surface area (Å²) in [7, 11) is 0. The maximum absolute atomic E-state index is 5.46. The summed E-state index contributed by atoms with van der Waals surface area (Å²) in [4.78, 5) is 4.29. The summed E-state index contributed by atoms with van der Waals surface area (Å²) in [5.41, 5.74) is 1.07. The van der Waals surface area contributed by atoms with Gasteiger partial charge < -0.3 is 10.1 Å². The van der Waals surface area contributed by atoms with Gasteiger partial charge in [0.15, 0.2) is 0 Å². The van der Waals surface area contributed by atoms with Crippen LogP contribution in [0.2, 0.25) is 0 Å². The summed E-state index contributed by atoms with van der Waals surface area (Å²) < 4.78 is 5.46. The van der Waals surface area contributed by atoms with E-state index in [1.54, 1.807) is 0 Å². The molecule has 1 atom stereocenters. The number of rotatable bonds is 7. The zero-order valence-corrected chi connectivity index (χ0v) is 10.4. The van der Waals surface area contributed by atoms with E-state index in [0.29, 0.717) is 12.0 Å². The van der Waals surface area contributed by atoms with Gasteiger partial charge in [0.05, 0.1) is 12.3 Å². The molecule has 0 aliphatic rings. The molecule has 3 nitrogen and oxygen atoms in total. The lowest BCUT2D eigenvalue weighted by Gasteiger charge is -2.21. The SMILES string of the molecule is CCOCC(NCc1ccccn1)C(C)C. The molecule has 0 aromatic carbocycles. The second kappa shape index (κ2) is 7.36. The second-order valence-corrected chi connectivity index (χ2v) is 4.21. The van der Waals surface area contributed by atoms with Crippen LogP contribution in [0, 0.1) is 5.92 Å². The minimum Gasteiger partial charge on any atom is -0.380 e. The van der Waals surface area contributed by atoms with Crippen LogP contribution in [0.1, 0.15) is 26.5 Å². The molecule has 1 rings (SSSR count). The standard InChI is InChI=1S/C13H22N2O/c1-4-16-10-13(11(2)3)15-9-12-7-5-6-8-14-12/h5-8,11,13,15H,4,9-10H2,1-3H3. The van der Waals surface area contributed by atoms with Crippen LogP contribution in [-0.4, -0.2) is 24.2 Å². The van der Waals surface area contributed by atoms with E-state index < -0.39 is 0 Å². The highest BCUT2D eigenvalue weighted by Crippen LogP contribution is 2.03. The summed E-state index contributed by atoms with van der Waals surface area (Å²) in [6, 6.07) is 6.37. The molecule has 0 saturated carbocycles. The molecule has 1 heterocycles. The topological polar surface area (TPSA) is 34.1 Å². The van der Waals surface area contributed by atoms with Gasteiger partial charge in [0.25, 0.3) is 0 Å². The molecule has 0 fully saturated rings. The van der Waals surface area contributed by atoms with E-state index in [1.807, 2.05) is 31.3 Å². The molecule has 0 saturated heterocycles. The van der Waals surface area contributed by atoms with Gasteiger partial charge in [0.2, 0.25) is 0 Å². The number of aromatic nitrogens is 1. The smallest absolute Gasteiger partial charge is 0.0622 e. The molecule has 1 unspecified atom stereocenters. The van der Waals surface area contributed by atoms with E-state index in [-0.39, 0.29) is 0 Å². The van der Waals surface area contributed by atoms with Gasteiger partial charge in [-0.05, 0) is 25.0 Å². The minimum absolute atomic E-state index is 0.391. The van der Waals surface area contributed by atoms with Crippen molar-refractivity contribution in [2.24, 2.45) is 5.92 Å². The number of hydrogen-bond acceptors (Lipinski definition) is 3. The van der Waals surface area contributed by atoms with Gasteiger partial charge in [-0.15, -0.1) is 0 Å². The molecule has 16 heavy (non-hydrogen) atoms. The lowest BCUT2D eigenvalue weighted by atomic mass is 10.1. The van der Waals surface area contributed by atoms with Crippen LogP contribution in [-0.2, 0) is 11.3 Å². The van der Waals surface area contributed by atoms with Crippen molar-refractivity contribution in [3.05, 3.63) is 30.1 Å². The quantitative estimate of drug-likeness (QED) is 0.768. The fraction of sp³-hybridized carbons (Fsp3) is 0.615. The van der Waals surface area contributed by atoms with Crippen LogP contribution in [0.5, 0.6) is 0 Å². The highest BCUT2D eigenvalue weighted by Gasteiger charge is 2.12. The van der Waals surface area contributed by atoms with E-state index >= 15 is 0 Å². The monoisotopic (exact) mass is 222 g/mol. The fourth-order valence-corrected chi connectivity index (χ4v) is 1.47. The zero-order valence-electron chi connectivity index (χ0n) is 10.4. The Hall–Kier alpha value is -0.930. The van der Waals surface area contributed by atoms with Gasteiger partial charge in [-0.1, -0.05) is 19.9 Å². The molecular formula is C13H22N2O. The Morgan fingerprint density at radius 3 is 2.75 bits per heavy atom. The first-order chi connectivity index (χ1) is 7.74. The predicted molar refractivity (Wildman–Crippen MR) is 66.2 cm³/mol. The molecule has 90 valence electrons. The zero-order chi connectivity index (χ0) is 11.8. The van der Waals surface area contributed by atoms with Gasteiger partial charge in [-0.2, -0.15) is 0 Å². The van der Waals surface area contributed by atoms with Crippen LogP contribution in [0.15, 0.2) is 24.4 Å². The summed E-state index contributed by atoms with van der Waals surface area (Å²) >= 11 is 0. The number of nitrogens with one attached hydrogen (secondary N) is 1. The molecule has 3 heteroatoms. The average molecular weight is 222 g/mol.